The van der Waals surface area contributed by atoms with Gasteiger partial charge in [-0.2, -0.15) is 8.42 Å². The molecule has 2 atom stereocenters. The van der Waals surface area contributed by atoms with E-state index in [1.165, 1.54) is 77.0 Å². The van der Waals surface area contributed by atoms with Gasteiger partial charge in [-0.3, -0.25) is 4.55 Å². The Morgan fingerprint density at radius 3 is 1.21 bits per heavy atom. The molecule has 0 bridgehead atoms. The Kier molecular flexibility index (Phi) is 19.7. The molecule has 0 aromatic rings. The molecule has 0 saturated heterocycles. The summed E-state index contributed by atoms with van der Waals surface area (Å²) in [6, 6.07) is 0. The van der Waals surface area contributed by atoms with Crippen LogP contribution in [0.2, 0.25) is 0 Å². The van der Waals surface area contributed by atoms with Crippen molar-refractivity contribution in [2.24, 2.45) is 0 Å². The largest absolute Gasteiger partial charge is 0.392 e. The minimum atomic E-state index is -4.18. The molecule has 0 spiro atoms. The summed E-state index contributed by atoms with van der Waals surface area (Å²) in [5.74, 6) is 0. The zero-order chi connectivity index (χ0) is 21.8. The van der Waals surface area contributed by atoms with E-state index in [1.807, 2.05) is 0 Å². The maximum atomic E-state index is 11.7. The van der Waals surface area contributed by atoms with Gasteiger partial charge in [-0.1, -0.05) is 129 Å². The highest BCUT2D eigenvalue weighted by atomic mass is 32.2. The lowest BCUT2D eigenvalue weighted by Gasteiger charge is -2.20. The predicted octanol–water partition coefficient (Wildman–Crippen LogP) is 7.45. The van der Waals surface area contributed by atoms with E-state index in [2.05, 4.69) is 13.8 Å². The van der Waals surface area contributed by atoms with Gasteiger partial charge in [-0.05, 0) is 12.8 Å². The Balaban J connectivity index is 3.85. The molecule has 0 fully saturated rings. The second kappa shape index (κ2) is 19.8. The highest BCUT2D eigenvalue weighted by Gasteiger charge is 2.29. The van der Waals surface area contributed by atoms with Gasteiger partial charge in [-0.25, -0.2) is 0 Å². The van der Waals surface area contributed by atoms with Crippen LogP contribution in [0.3, 0.4) is 0 Å². The van der Waals surface area contributed by atoms with Gasteiger partial charge in [0.1, 0.15) is 5.25 Å². The first-order valence-corrected chi connectivity index (χ1v) is 14.1. The third-order valence-electron chi connectivity index (χ3n) is 6.01. The maximum absolute atomic E-state index is 11.7. The van der Waals surface area contributed by atoms with Crippen LogP contribution in [-0.4, -0.2) is 29.4 Å². The molecular formula is C24H50O4S. The van der Waals surface area contributed by atoms with Crippen molar-refractivity contribution in [1.82, 2.24) is 0 Å². The summed E-state index contributed by atoms with van der Waals surface area (Å²) in [6.07, 6.45) is 21.1. The SMILES string of the molecule is CCCCCCCCCCCCC(C(O)CCCCCCCCCC)S(=O)(=O)O. The van der Waals surface area contributed by atoms with Crippen LogP contribution in [-0.2, 0) is 10.1 Å². The molecule has 0 saturated carbocycles. The fourth-order valence-electron chi connectivity index (χ4n) is 4.05. The number of rotatable bonds is 22. The average Bonchev–Trinajstić information content (AvgIpc) is 2.67. The third kappa shape index (κ3) is 18.4. The summed E-state index contributed by atoms with van der Waals surface area (Å²) in [5.41, 5.74) is 0. The standard InChI is InChI=1S/C24H50O4S/c1-3-5-7-9-11-13-14-16-18-20-22-24(29(26,27)28)23(25)21-19-17-15-12-10-8-6-4-2/h23-25H,3-22H2,1-2H3,(H,26,27,28). The van der Waals surface area contributed by atoms with Gasteiger partial charge in [0, 0.05) is 0 Å². The van der Waals surface area contributed by atoms with E-state index in [0.717, 1.165) is 38.5 Å². The van der Waals surface area contributed by atoms with E-state index in [-0.39, 0.29) is 0 Å². The molecule has 0 aliphatic heterocycles. The lowest BCUT2D eigenvalue weighted by Crippen LogP contribution is -2.33. The van der Waals surface area contributed by atoms with Gasteiger partial charge in [0.25, 0.3) is 10.1 Å². The molecule has 0 rings (SSSR count). The van der Waals surface area contributed by atoms with Crippen LogP contribution < -0.4 is 0 Å². The van der Waals surface area contributed by atoms with Crippen molar-refractivity contribution < 1.29 is 18.1 Å². The summed E-state index contributed by atoms with van der Waals surface area (Å²) in [5, 5.41) is 9.31. The van der Waals surface area contributed by atoms with Gasteiger partial charge in [-0.15, -0.1) is 0 Å². The van der Waals surface area contributed by atoms with Crippen molar-refractivity contribution >= 4 is 10.1 Å². The van der Waals surface area contributed by atoms with Gasteiger partial charge >= 0.3 is 0 Å². The number of unbranched alkanes of at least 4 members (excludes halogenated alkanes) is 16. The molecule has 0 aliphatic carbocycles. The van der Waals surface area contributed by atoms with Crippen molar-refractivity contribution in [3.05, 3.63) is 0 Å². The Bertz CT molecular complexity index is 436. The van der Waals surface area contributed by atoms with Crippen molar-refractivity contribution in [2.75, 3.05) is 0 Å². The second-order valence-electron chi connectivity index (χ2n) is 8.85. The van der Waals surface area contributed by atoms with Crippen LogP contribution in [0.15, 0.2) is 0 Å². The first-order chi connectivity index (χ1) is 13.9. The van der Waals surface area contributed by atoms with Crippen LogP contribution in [0.5, 0.6) is 0 Å². The maximum Gasteiger partial charge on any atom is 0.270 e. The van der Waals surface area contributed by atoms with Gasteiger partial charge in [0.05, 0.1) is 6.10 Å². The summed E-state index contributed by atoms with van der Waals surface area (Å²) in [4.78, 5) is 0. The first kappa shape index (κ1) is 28.9. The fourth-order valence-corrected chi connectivity index (χ4v) is 5.04. The predicted molar refractivity (Wildman–Crippen MR) is 125 cm³/mol. The molecule has 176 valence electrons. The van der Waals surface area contributed by atoms with E-state index in [4.69, 9.17) is 0 Å². The summed E-state index contributed by atoms with van der Waals surface area (Å²) < 4.78 is 32.9. The molecule has 0 amide bonds. The molecular weight excluding hydrogens is 384 g/mol. The quantitative estimate of drug-likeness (QED) is 0.137. The van der Waals surface area contributed by atoms with E-state index in [1.54, 1.807) is 0 Å². The van der Waals surface area contributed by atoms with Gasteiger partial charge < -0.3 is 5.11 Å². The molecule has 0 aromatic carbocycles. The summed E-state index contributed by atoms with van der Waals surface area (Å²) in [7, 11) is -4.18. The Hall–Kier alpha value is -0.130. The van der Waals surface area contributed by atoms with E-state index in [9.17, 15) is 18.1 Å². The molecule has 0 heterocycles. The lowest BCUT2D eigenvalue weighted by molar-refractivity contribution is 0.146. The molecule has 0 radical (unpaired) electrons. The van der Waals surface area contributed by atoms with Crippen LogP contribution in [0.25, 0.3) is 0 Å². The molecule has 5 heteroatoms. The first-order valence-electron chi connectivity index (χ1n) is 12.6. The van der Waals surface area contributed by atoms with Gasteiger partial charge in [0.2, 0.25) is 0 Å². The highest BCUT2D eigenvalue weighted by molar-refractivity contribution is 7.86. The molecule has 4 nitrogen and oxygen atoms in total. The zero-order valence-electron chi connectivity index (χ0n) is 19.4. The normalized spacial score (nSPS) is 14.2. The van der Waals surface area contributed by atoms with Crippen LogP contribution in [0.1, 0.15) is 142 Å². The smallest absolute Gasteiger partial charge is 0.270 e. The minimum absolute atomic E-state index is 0.369. The summed E-state index contributed by atoms with van der Waals surface area (Å²) >= 11 is 0. The van der Waals surface area contributed by atoms with Crippen molar-refractivity contribution in [1.29, 1.82) is 0 Å². The average molecular weight is 435 g/mol. The van der Waals surface area contributed by atoms with E-state index in [0.29, 0.717) is 12.8 Å². The van der Waals surface area contributed by atoms with Crippen molar-refractivity contribution in [3.8, 4) is 0 Å². The Morgan fingerprint density at radius 1 is 0.552 bits per heavy atom. The number of aliphatic hydroxyl groups is 1. The molecule has 2 N–H and O–H groups in total. The van der Waals surface area contributed by atoms with Crippen molar-refractivity contribution in [2.45, 2.75) is 154 Å². The number of hydrogen-bond donors (Lipinski definition) is 2. The summed E-state index contributed by atoms with van der Waals surface area (Å²) in [6.45, 7) is 4.44. The van der Waals surface area contributed by atoms with Crippen LogP contribution in [0.4, 0.5) is 0 Å². The van der Waals surface area contributed by atoms with E-state index >= 15 is 0 Å². The Labute approximate surface area is 182 Å². The van der Waals surface area contributed by atoms with E-state index < -0.39 is 21.5 Å². The fraction of sp³-hybridized carbons (Fsp3) is 1.00. The second-order valence-corrected chi connectivity index (χ2v) is 10.5. The molecule has 2 unspecified atom stereocenters. The lowest BCUT2D eigenvalue weighted by atomic mass is 10.0. The van der Waals surface area contributed by atoms with Crippen molar-refractivity contribution in [3.63, 3.8) is 0 Å². The third-order valence-corrected chi connectivity index (χ3v) is 7.32. The highest BCUT2D eigenvalue weighted by Crippen LogP contribution is 2.20. The topological polar surface area (TPSA) is 74.6 Å². The van der Waals surface area contributed by atoms with Crippen LogP contribution in [0, 0.1) is 0 Å². The zero-order valence-corrected chi connectivity index (χ0v) is 20.2. The minimum Gasteiger partial charge on any atom is -0.392 e. The van der Waals surface area contributed by atoms with Gasteiger partial charge in [0.15, 0.2) is 0 Å². The molecule has 0 aromatic heterocycles. The monoisotopic (exact) mass is 434 g/mol. The molecule has 0 aliphatic rings. The van der Waals surface area contributed by atoms with Crippen LogP contribution >= 0.6 is 0 Å². The number of aliphatic hydroxyl groups excluding tert-OH is 1. The number of hydrogen-bond acceptors (Lipinski definition) is 3. The Morgan fingerprint density at radius 2 is 0.862 bits per heavy atom. The molecule has 29 heavy (non-hydrogen) atoms.